The highest BCUT2D eigenvalue weighted by Crippen LogP contribution is 2.19. The average molecular weight is 357 g/mol. The summed E-state index contributed by atoms with van der Waals surface area (Å²) in [6, 6.07) is 13.5. The van der Waals surface area contributed by atoms with E-state index in [9.17, 15) is 9.59 Å². The highest BCUT2D eigenvalue weighted by molar-refractivity contribution is 5.95. The molecular formula is C20H23NO5. The summed E-state index contributed by atoms with van der Waals surface area (Å²) in [5, 5.41) is 2.75. The Balaban J connectivity index is 1.92. The quantitative estimate of drug-likeness (QED) is 0.766. The van der Waals surface area contributed by atoms with Crippen LogP contribution >= 0.6 is 0 Å². The number of carbonyl (C=O) groups excluding carboxylic acids is 2. The molecule has 0 aliphatic heterocycles. The number of anilines is 1. The van der Waals surface area contributed by atoms with Crippen molar-refractivity contribution < 1.29 is 23.8 Å². The van der Waals surface area contributed by atoms with Crippen LogP contribution in [0.5, 0.6) is 11.5 Å². The standard InChI is InChI=1S/C20H23NO5/c1-13(2)25-20(23)15-5-7-16(8-6-15)21-19(22)14(3)26-18-11-9-17(24-4)10-12-18/h5-14H,1-4H3,(H,21,22)/t14-/m0/s1. The number of ether oxygens (including phenoxy) is 3. The van der Waals surface area contributed by atoms with Gasteiger partial charge in [-0.2, -0.15) is 0 Å². The number of rotatable bonds is 7. The summed E-state index contributed by atoms with van der Waals surface area (Å²) in [5.41, 5.74) is 1.00. The molecule has 0 saturated heterocycles. The third kappa shape index (κ3) is 5.51. The van der Waals surface area contributed by atoms with Crippen molar-refractivity contribution in [3.63, 3.8) is 0 Å². The molecule has 0 unspecified atom stereocenters. The predicted octanol–water partition coefficient (Wildman–Crippen LogP) is 3.67. The van der Waals surface area contributed by atoms with Crippen LogP contribution in [0.4, 0.5) is 5.69 Å². The Morgan fingerprint density at radius 2 is 1.46 bits per heavy atom. The van der Waals surface area contributed by atoms with Gasteiger partial charge in [-0.15, -0.1) is 0 Å². The second kappa shape index (κ2) is 8.89. The molecule has 0 radical (unpaired) electrons. The molecule has 138 valence electrons. The maximum atomic E-state index is 12.3. The van der Waals surface area contributed by atoms with Crippen molar-refractivity contribution in [3.8, 4) is 11.5 Å². The second-order valence-electron chi connectivity index (χ2n) is 5.96. The summed E-state index contributed by atoms with van der Waals surface area (Å²) in [6.45, 7) is 5.24. The van der Waals surface area contributed by atoms with Crippen LogP contribution in [0.3, 0.4) is 0 Å². The summed E-state index contributed by atoms with van der Waals surface area (Å²) in [6.07, 6.45) is -0.869. The van der Waals surface area contributed by atoms with E-state index in [1.165, 1.54) is 0 Å². The van der Waals surface area contributed by atoms with Gasteiger partial charge in [0.1, 0.15) is 11.5 Å². The lowest BCUT2D eigenvalue weighted by molar-refractivity contribution is -0.122. The van der Waals surface area contributed by atoms with Crippen LogP contribution in [-0.2, 0) is 9.53 Å². The minimum Gasteiger partial charge on any atom is -0.497 e. The third-order valence-corrected chi connectivity index (χ3v) is 3.47. The van der Waals surface area contributed by atoms with Crippen LogP contribution in [0.25, 0.3) is 0 Å². The number of methoxy groups -OCH3 is 1. The zero-order chi connectivity index (χ0) is 19.1. The fourth-order valence-corrected chi connectivity index (χ4v) is 2.13. The molecule has 2 aromatic rings. The van der Waals surface area contributed by atoms with E-state index in [0.29, 0.717) is 22.7 Å². The van der Waals surface area contributed by atoms with E-state index >= 15 is 0 Å². The monoisotopic (exact) mass is 357 g/mol. The first kappa shape index (κ1) is 19.3. The average Bonchev–Trinajstić information content (AvgIpc) is 2.62. The van der Waals surface area contributed by atoms with Crippen LogP contribution in [-0.4, -0.2) is 31.2 Å². The summed E-state index contributed by atoms with van der Waals surface area (Å²) in [7, 11) is 1.58. The molecule has 1 N–H and O–H groups in total. The van der Waals surface area contributed by atoms with E-state index in [-0.39, 0.29) is 12.0 Å². The SMILES string of the molecule is COc1ccc(O[C@@H](C)C(=O)Nc2ccc(C(=O)OC(C)C)cc2)cc1. The van der Waals surface area contributed by atoms with Crippen molar-refractivity contribution in [1.29, 1.82) is 0 Å². The number of carbonyl (C=O) groups is 2. The van der Waals surface area contributed by atoms with Gasteiger partial charge in [0.05, 0.1) is 18.8 Å². The second-order valence-corrected chi connectivity index (χ2v) is 5.96. The molecule has 0 aromatic heterocycles. The van der Waals surface area contributed by atoms with E-state index in [4.69, 9.17) is 14.2 Å². The molecule has 0 fully saturated rings. The van der Waals surface area contributed by atoms with E-state index in [1.807, 2.05) is 0 Å². The van der Waals surface area contributed by atoms with E-state index in [2.05, 4.69) is 5.32 Å². The molecule has 0 heterocycles. The third-order valence-electron chi connectivity index (χ3n) is 3.47. The van der Waals surface area contributed by atoms with Crippen LogP contribution < -0.4 is 14.8 Å². The molecule has 0 bridgehead atoms. The first-order valence-electron chi connectivity index (χ1n) is 8.31. The molecule has 26 heavy (non-hydrogen) atoms. The summed E-state index contributed by atoms with van der Waals surface area (Å²) in [5.74, 6) is 0.596. The van der Waals surface area contributed by atoms with Crippen molar-refractivity contribution in [2.24, 2.45) is 0 Å². The molecule has 6 nitrogen and oxygen atoms in total. The van der Waals surface area contributed by atoms with Crippen molar-refractivity contribution in [1.82, 2.24) is 0 Å². The number of hydrogen-bond acceptors (Lipinski definition) is 5. The fraction of sp³-hybridized carbons (Fsp3) is 0.300. The van der Waals surface area contributed by atoms with Gasteiger partial charge in [-0.3, -0.25) is 4.79 Å². The Labute approximate surface area is 153 Å². The Hall–Kier alpha value is -3.02. The first-order valence-corrected chi connectivity index (χ1v) is 8.31. The van der Waals surface area contributed by atoms with Gasteiger partial charge in [-0.25, -0.2) is 4.79 Å². The van der Waals surface area contributed by atoms with Gasteiger partial charge in [0.15, 0.2) is 6.10 Å². The van der Waals surface area contributed by atoms with Crippen molar-refractivity contribution in [2.45, 2.75) is 33.0 Å². The Kier molecular flexibility index (Phi) is 6.60. The molecule has 0 aliphatic rings. The van der Waals surface area contributed by atoms with Crippen LogP contribution in [0.15, 0.2) is 48.5 Å². The number of benzene rings is 2. The van der Waals surface area contributed by atoms with Gasteiger partial charge in [0.2, 0.25) is 0 Å². The van der Waals surface area contributed by atoms with Crippen molar-refractivity contribution >= 4 is 17.6 Å². The van der Waals surface area contributed by atoms with E-state index in [1.54, 1.807) is 76.4 Å². The van der Waals surface area contributed by atoms with Gasteiger partial charge in [0, 0.05) is 5.69 Å². The lowest BCUT2D eigenvalue weighted by Crippen LogP contribution is -2.30. The van der Waals surface area contributed by atoms with Gasteiger partial charge in [0.25, 0.3) is 5.91 Å². The van der Waals surface area contributed by atoms with E-state index < -0.39 is 12.1 Å². The van der Waals surface area contributed by atoms with Gasteiger partial charge in [-0.1, -0.05) is 0 Å². The van der Waals surface area contributed by atoms with Crippen molar-refractivity contribution in [2.75, 3.05) is 12.4 Å². The van der Waals surface area contributed by atoms with Crippen molar-refractivity contribution in [3.05, 3.63) is 54.1 Å². The molecule has 0 saturated carbocycles. The smallest absolute Gasteiger partial charge is 0.338 e. The first-order chi connectivity index (χ1) is 12.4. The molecule has 6 heteroatoms. The lowest BCUT2D eigenvalue weighted by atomic mass is 10.2. The fourth-order valence-electron chi connectivity index (χ4n) is 2.13. The minimum absolute atomic E-state index is 0.183. The van der Waals surface area contributed by atoms with Crippen LogP contribution in [0, 0.1) is 0 Å². The maximum Gasteiger partial charge on any atom is 0.338 e. The highest BCUT2D eigenvalue weighted by atomic mass is 16.5. The van der Waals surface area contributed by atoms with E-state index in [0.717, 1.165) is 0 Å². The Morgan fingerprint density at radius 3 is 2.00 bits per heavy atom. The lowest BCUT2D eigenvalue weighted by Gasteiger charge is -2.15. The van der Waals surface area contributed by atoms with Crippen LogP contribution in [0.2, 0.25) is 0 Å². The molecule has 1 atom stereocenters. The maximum absolute atomic E-state index is 12.3. The molecule has 1 amide bonds. The van der Waals surface area contributed by atoms with Crippen LogP contribution in [0.1, 0.15) is 31.1 Å². The van der Waals surface area contributed by atoms with Gasteiger partial charge < -0.3 is 19.5 Å². The molecule has 0 spiro atoms. The molecule has 2 aromatic carbocycles. The highest BCUT2D eigenvalue weighted by Gasteiger charge is 2.15. The Morgan fingerprint density at radius 1 is 0.885 bits per heavy atom. The summed E-state index contributed by atoms with van der Waals surface area (Å²) < 4.78 is 15.8. The Bertz CT molecular complexity index is 738. The zero-order valence-corrected chi connectivity index (χ0v) is 15.3. The summed E-state index contributed by atoms with van der Waals surface area (Å²) in [4.78, 5) is 24.1. The normalized spacial score (nSPS) is 11.6. The molecular weight excluding hydrogens is 334 g/mol. The van der Waals surface area contributed by atoms with Gasteiger partial charge >= 0.3 is 5.97 Å². The number of amides is 1. The minimum atomic E-state index is -0.686. The number of nitrogens with one attached hydrogen (secondary N) is 1. The van der Waals surface area contributed by atoms with Gasteiger partial charge in [-0.05, 0) is 69.3 Å². The largest absolute Gasteiger partial charge is 0.497 e. The molecule has 0 aliphatic carbocycles. The predicted molar refractivity (Wildman–Crippen MR) is 98.7 cm³/mol. The number of hydrogen-bond donors (Lipinski definition) is 1. The zero-order valence-electron chi connectivity index (χ0n) is 15.3. The molecule has 2 rings (SSSR count). The topological polar surface area (TPSA) is 73.9 Å². The summed E-state index contributed by atoms with van der Waals surface area (Å²) >= 11 is 0. The number of esters is 1.